The minimum Gasteiger partial charge on any atom is -0.469 e. The summed E-state index contributed by atoms with van der Waals surface area (Å²) in [5.74, 6) is -0.528. The van der Waals surface area contributed by atoms with Crippen LogP contribution in [-0.2, 0) is 9.53 Å². The van der Waals surface area contributed by atoms with Crippen LogP contribution in [-0.4, -0.2) is 47.5 Å². The Balaban J connectivity index is 1.28. The first-order valence-electron chi connectivity index (χ1n) is 14.4. The molecule has 4 rings (SSSR count). The van der Waals surface area contributed by atoms with E-state index in [0.717, 1.165) is 48.9 Å². The van der Waals surface area contributed by atoms with Crippen molar-refractivity contribution < 1.29 is 24.2 Å². The zero-order chi connectivity index (χ0) is 29.2. The number of amides is 2. The van der Waals surface area contributed by atoms with E-state index in [4.69, 9.17) is 9.47 Å². The summed E-state index contributed by atoms with van der Waals surface area (Å²) < 4.78 is 11.7. The molecule has 0 aliphatic heterocycles. The third-order valence-corrected chi connectivity index (χ3v) is 8.49. The monoisotopic (exact) mass is 579 g/mol. The molecule has 0 saturated heterocycles. The first kappa shape index (κ1) is 30.5. The van der Waals surface area contributed by atoms with Crippen LogP contribution >= 0.6 is 11.3 Å². The molecular weight excluding hydrogens is 538 g/mol. The van der Waals surface area contributed by atoms with Crippen LogP contribution < -0.4 is 15.4 Å². The number of unbranched alkanes of at least 4 members (excludes halogenated alkanes) is 1. The fourth-order valence-electron chi connectivity index (χ4n) is 4.85. The first-order valence-corrected chi connectivity index (χ1v) is 15.3. The number of aliphatic hydroxyl groups is 1. The quantitative estimate of drug-likeness (QED) is 0.210. The molecule has 9 heteroatoms. The van der Waals surface area contributed by atoms with Crippen LogP contribution in [0.4, 0.5) is 4.79 Å². The average Bonchev–Trinajstić information content (AvgIpc) is 3.44. The lowest BCUT2D eigenvalue weighted by atomic mass is 9.70. The normalized spacial score (nSPS) is 16.1. The van der Waals surface area contributed by atoms with Crippen molar-refractivity contribution in [2.45, 2.75) is 77.5 Å². The van der Waals surface area contributed by atoms with E-state index in [1.807, 2.05) is 61.7 Å². The summed E-state index contributed by atoms with van der Waals surface area (Å²) in [4.78, 5) is 30.3. The highest BCUT2D eigenvalue weighted by Gasteiger charge is 2.40. The van der Waals surface area contributed by atoms with Crippen LogP contribution in [0.1, 0.15) is 69.5 Å². The van der Waals surface area contributed by atoms with Gasteiger partial charge in [0.05, 0.1) is 24.4 Å². The summed E-state index contributed by atoms with van der Waals surface area (Å²) in [6.45, 7) is 6.53. The number of thiazole rings is 1. The highest BCUT2D eigenvalue weighted by atomic mass is 32.1. The zero-order valence-electron chi connectivity index (χ0n) is 24.1. The topological polar surface area (TPSA) is 110 Å². The van der Waals surface area contributed by atoms with Crippen LogP contribution in [0.3, 0.4) is 0 Å². The van der Waals surface area contributed by atoms with Gasteiger partial charge in [-0.05, 0) is 38.7 Å². The van der Waals surface area contributed by atoms with E-state index in [1.54, 1.807) is 0 Å². The van der Waals surface area contributed by atoms with Gasteiger partial charge < -0.3 is 25.2 Å². The van der Waals surface area contributed by atoms with Crippen LogP contribution in [0, 0.1) is 12.3 Å². The number of alkyl carbamates (subject to hydrolysis) is 1. The van der Waals surface area contributed by atoms with Crippen LogP contribution in [0.25, 0.3) is 11.3 Å². The number of carbonyl (C=O) groups is 2. The lowest BCUT2D eigenvalue weighted by molar-refractivity contribution is -0.131. The number of ether oxygens (including phenoxy) is 2. The molecule has 2 aromatic carbocycles. The Morgan fingerprint density at radius 1 is 1.07 bits per heavy atom. The second-order valence-electron chi connectivity index (χ2n) is 11.1. The van der Waals surface area contributed by atoms with Crippen molar-refractivity contribution in [3.63, 3.8) is 0 Å². The van der Waals surface area contributed by atoms with Gasteiger partial charge in [-0.25, -0.2) is 9.78 Å². The number of rotatable bonds is 14. The average molecular weight is 580 g/mol. The Morgan fingerprint density at radius 2 is 1.80 bits per heavy atom. The second kappa shape index (κ2) is 14.5. The fourth-order valence-corrected chi connectivity index (χ4v) is 5.53. The minimum atomic E-state index is -1.39. The van der Waals surface area contributed by atoms with Crippen molar-refractivity contribution in [2.75, 3.05) is 13.2 Å². The molecule has 1 fully saturated rings. The van der Waals surface area contributed by atoms with Gasteiger partial charge >= 0.3 is 6.09 Å². The van der Waals surface area contributed by atoms with E-state index >= 15 is 0 Å². The summed E-state index contributed by atoms with van der Waals surface area (Å²) in [5.41, 5.74) is 3.78. The van der Waals surface area contributed by atoms with Crippen molar-refractivity contribution in [3.05, 3.63) is 71.1 Å². The summed E-state index contributed by atoms with van der Waals surface area (Å²) >= 11 is 1.45. The predicted molar refractivity (Wildman–Crippen MR) is 161 cm³/mol. The molecule has 3 N–H and O–H groups in total. The SMILES string of the molecule is CCCC[C@H](NC(=O)OCC1(COc2nc(-c3ccc(C)cc3)cs2)CCC1)C(O)C(=O)N[C@H](C)c1ccccc1. The van der Waals surface area contributed by atoms with Gasteiger partial charge in [0, 0.05) is 16.4 Å². The van der Waals surface area contributed by atoms with Gasteiger partial charge in [-0.2, -0.15) is 0 Å². The molecule has 41 heavy (non-hydrogen) atoms. The Morgan fingerprint density at radius 3 is 2.46 bits per heavy atom. The van der Waals surface area contributed by atoms with Gasteiger partial charge in [-0.1, -0.05) is 97.7 Å². The van der Waals surface area contributed by atoms with Crippen LogP contribution in [0.5, 0.6) is 5.19 Å². The van der Waals surface area contributed by atoms with E-state index in [9.17, 15) is 14.7 Å². The summed E-state index contributed by atoms with van der Waals surface area (Å²) in [7, 11) is 0. The molecule has 0 bridgehead atoms. The Bertz CT molecular complexity index is 1260. The van der Waals surface area contributed by atoms with E-state index < -0.39 is 24.1 Å². The molecule has 1 saturated carbocycles. The largest absolute Gasteiger partial charge is 0.469 e. The molecule has 220 valence electrons. The van der Waals surface area contributed by atoms with Crippen molar-refractivity contribution >= 4 is 23.3 Å². The molecule has 1 heterocycles. The summed E-state index contributed by atoms with van der Waals surface area (Å²) in [6, 6.07) is 16.7. The molecule has 0 radical (unpaired) electrons. The third kappa shape index (κ3) is 8.53. The van der Waals surface area contributed by atoms with Gasteiger partial charge in [0.2, 0.25) is 0 Å². The number of nitrogens with zero attached hydrogens (tertiary/aromatic N) is 1. The van der Waals surface area contributed by atoms with Gasteiger partial charge in [0.25, 0.3) is 11.1 Å². The lowest BCUT2D eigenvalue weighted by Gasteiger charge is -2.40. The molecule has 3 aromatic rings. The van der Waals surface area contributed by atoms with Gasteiger partial charge in [0.15, 0.2) is 6.10 Å². The highest BCUT2D eigenvalue weighted by Crippen LogP contribution is 2.42. The molecule has 1 unspecified atom stereocenters. The number of aliphatic hydroxyl groups excluding tert-OH is 1. The fraction of sp³-hybridized carbons (Fsp3) is 0.469. The first-order chi connectivity index (χ1) is 19.8. The number of aromatic nitrogens is 1. The molecule has 1 aromatic heterocycles. The Hall–Kier alpha value is -3.43. The van der Waals surface area contributed by atoms with Crippen molar-refractivity contribution in [1.29, 1.82) is 0 Å². The molecular formula is C32H41N3O5S. The number of benzene rings is 2. The summed E-state index contributed by atoms with van der Waals surface area (Å²) in [6.07, 6.45) is 2.85. The predicted octanol–water partition coefficient (Wildman–Crippen LogP) is 6.19. The molecule has 1 aliphatic carbocycles. The lowest BCUT2D eigenvalue weighted by Crippen LogP contribution is -2.51. The molecule has 8 nitrogen and oxygen atoms in total. The minimum absolute atomic E-state index is 0.197. The van der Waals surface area contributed by atoms with E-state index in [-0.39, 0.29) is 18.1 Å². The summed E-state index contributed by atoms with van der Waals surface area (Å²) in [5, 5.41) is 19.0. The maximum Gasteiger partial charge on any atom is 0.407 e. The molecule has 0 spiro atoms. The number of aryl methyl sites for hydroxylation is 1. The van der Waals surface area contributed by atoms with Crippen LogP contribution in [0.2, 0.25) is 0 Å². The Labute approximate surface area is 246 Å². The highest BCUT2D eigenvalue weighted by molar-refractivity contribution is 7.11. The van der Waals surface area contributed by atoms with E-state index in [1.165, 1.54) is 16.9 Å². The second-order valence-corrected chi connectivity index (χ2v) is 11.9. The van der Waals surface area contributed by atoms with Crippen LogP contribution in [0.15, 0.2) is 60.0 Å². The van der Waals surface area contributed by atoms with Gasteiger partial charge in [0.1, 0.15) is 6.61 Å². The maximum absolute atomic E-state index is 12.8. The van der Waals surface area contributed by atoms with Gasteiger partial charge in [-0.15, -0.1) is 0 Å². The third-order valence-electron chi connectivity index (χ3n) is 7.74. The molecule has 1 aliphatic rings. The Kier molecular flexibility index (Phi) is 10.8. The van der Waals surface area contributed by atoms with Crippen molar-refractivity contribution in [2.24, 2.45) is 5.41 Å². The van der Waals surface area contributed by atoms with E-state index in [2.05, 4.69) is 34.7 Å². The standard InChI is InChI=1S/C32H41N3O5S/c1-4-5-12-26(28(36)29(37)33-23(3)24-10-7-6-8-11-24)34-30(38)39-20-32(17-9-18-32)21-40-31-35-27(19-41-31)25-15-13-22(2)14-16-25/h6-8,10-11,13-16,19,23,26,28,36H,4-5,9,12,17-18,20-21H2,1-3H3,(H,33,37)(H,34,38)/t23-,26+,28?/m1/s1. The number of nitrogens with one attached hydrogen (secondary N) is 2. The molecule has 3 atom stereocenters. The van der Waals surface area contributed by atoms with E-state index in [0.29, 0.717) is 18.2 Å². The smallest absolute Gasteiger partial charge is 0.407 e. The maximum atomic E-state index is 12.8. The molecule has 2 amide bonds. The van der Waals surface area contributed by atoms with Crippen molar-refractivity contribution in [1.82, 2.24) is 15.6 Å². The zero-order valence-corrected chi connectivity index (χ0v) is 24.9. The number of hydrogen-bond donors (Lipinski definition) is 3. The number of hydrogen-bond acceptors (Lipinski definition) is 7. The van der Waals surface area contributed by atoms with Crippen molar-refractivity contribution in [3.8, 4) is 16.5 Å². The number of carbonyl (C=O) groups excluding carboxylic acids is 2. The van der Waals surface area contributed by atoms with Gasteiger partial charge in [-0.3, -0.25) is 4.79 Å².